The van der Waals surface area contributed by atoms with Crippen LogP contribution < -0.4 is 5.32 Å². The third-order valence-electron chi connectivity index (χ3n) is 3.18. The quantitative estimate of drug-likeness (QED) is 0.609. The van der Waals surface area contributed by atoms with E-state index in [1.807, 2.05) is 13.8 Å². The number of hydrogen-bond donors (Lipinski definition) is 1. The fourth-order valence-electron chi connectivity index (χ4n) is 2.14. The molecular weight excluding hydrogens is 198 g/mol. The standard InChI is InChI=1S/C10H17NO4/c1-8(2)13-3-9(4-14-8)5-15-10(11-9)6-12-7-10/h11H,3-7H2,1-2H3. The summed E-state index contributed by atoms with van der Waals surface area (Å²) in [6.07, 6.45) is 0. The largest absolute Gasteiger partial charge is 0.372 e. The molecule has 3 aliphatic rings. The first kappa shape index (κ1) is 9.99. The Kier molecular flexibility index (Phi) is 1.95. The van der Waals surface area contributed by atoms with Gasteiger partial charge in [0, 0.05) is 0 Å². The molecule has 0 aliphatic carbocycles. The summed E-state index contributed by atoms with van der Waals surface area (Å²) in [5, 5.41) is 3.46. The van der Waals surface area contributed by atoms with Gasteiger partial charge in [0.15, 0.2) is 11.5 Å². The van der Waals surface area contributed by atoms with Crippen molar-refractivity contribution >= 4 is 0 Å². The minimum atomic E-state index is -0.473. The van der Waals surface area contributed by atoms with Crippen LogP contribution in [0.25, 0.3) is 0 Å². The van der Waals surface area contributed by atoms with Gasteiger partial charge in [0.25, 0.3) is 0 Å². The predicted molar refractivity (Wildman–Crippen MR) is 51.4 cm³/mol. The Bertz CT molecular complexity index is 265. The second kappa shape index (κ2) is 2.93. The van der Waals surface area contributed by atoms with E-state index in [0.717, 1.165) is 0 Å². The normalized spacial score (nSPS) is 35.6. The highest BCUT2D eigenvalue weighted by molar-refractivity contribution is 5.04. The average Bonchev–Trinajstić information content (AvgIpc) is 2.52. The molecule has 0 radical (unpaired) electrons. The summed E-state index contributed by atoms with van der Waals surface area (Å²) in [7, 11) is 0. The lowest BCUT2D eigenvalue weighted by Crippen LogP contribution is -2.66. The molecule has 15 heavy (non-hydrogen) atoms. The number of rotatable bonds is 0. The minimum Gasteiger partial charge on any atom is -0.372 e. The van der Waals surface area contributed by atoms with Gasteiger partial charge in [0.2, 0.25) is 0 Å². The Labute approximate surface area is 89.0 Å². The highest BCUT2D eigenvalue weighted by Crippen LogP contribution is 2.34. The van der Waals surface area contributed by atoms with E-state index in [1.165, 1.54) is 0 Å². The van der Waals surface area contributed by atoms with Crippen LogP contribution in [0, 0.1) is 0 Å². The molecule has 3 saturated heterocycles. The monoisotopic (exact) mass is 215 g/mol. The maximum Gasteiger partial charge on any atom is 0.166 e. The molecule has 3 aliphatic heterocycles. The zero-order valence-electron chi connectivity index (χ0n) is 9.17. The molecule has 0 unspecified atom stereocenters. The van der Waals surface area contributed by atoms with E-state index >= 15 is 0 Å². The Morgan fingerprint density at radius 1 is 0.867 bits per heavy atom. The molecule has 5 nitrogen and oxygen atoms in total. The first-order valence-electron chi connectivity index (χ1n) is 5.32. The van der Waals surface area contributed by atoms with Crippen LogP contribution in [0.1, 0.15) is 13.8 Å². The lowest BCUT2D eigenvalue weighted by atomic mass is 10.0. The average molecular weight is 215 g/mol. The molecule has 5 heteroatoms. The van der Waals surface area contributed by atoms with Gasteiger partial charge >= 0.3 is 0 Å². The first-order valence-corrected chi connectivity index (χ1v) is 5.32. The van der Waals surface area contributed by atoms with Crippen LogP contribution in [-0.2, 0) is 18.9 Å². The van der Waals surface area contributed by atoms with Gasteiger partial charge in [0.05, 0.1) is 38.6 Å². The summed E-state index contributed by atoms with van der Waals surface area (Å²) in [5.74, 6) is -0.473. The van der Waals surface area contributed by atoms with Crippen molar-refractivity contribution in [3.05, 3.63) is 0 Å². The predicted octanol–water partition coefficient (Wildman–Crippen LogP) is -0.146. The molecule has 0 aromatic carbocycles. The number of hydrogen-bond acceptors (Lipinski definition) is 5. The van der Waals surface area contributed by atoms with E-state index in [2.05, 4.69) is 5.32 Å². The smallest absolute Gasteiger partial charge is 0.166 e. The van der Waals surface area contributed by atoms with Gasteiger partial charge in [-0.05, 0) is 13.8 Å². The maximum atomic E-state index is 5.74. The van der Waals surface area contributed by atoms with Crippen LogP contribution >= 0.6 is 0 Å². The molecule has 0 saturated carbocycles. The SMILES string of the molecule is CC1(C)OCC2(COC3(COC3)N2)CO1. The fraction of sp³-hybridized carbons (Fsp3) is 1.00. The molecule has 0 amide bonds. The van der Waals surface area contributed by atoms with Crippen LogP contribution in [0.15, 0.2) is 0 Å². The summed E-state index contributed by atoms with van der Waals surface area (Å²) in [6, 6.07) is 0. The van der Waals surface area contributed by atoms with Crippen LogP contribution in [0.4, 0.5) is 0 Å². The molecular formula is C10H17NO4. The number of nitrogens with one attached hydrogen (secondary N) is 1. The summed E-state index contributed by atoms with van der Waals surface area (Å²) in [4.78, 5) is 0. The van der Waals surface area contributed by atoms with Crippen molar-refractivity contribution in [1.29, 1.82) is 0 Å². The van der Waals surface area contributed by atoms with Crippen molar-refractivity contribution in [2.45, 2.75) is 30.9 Å². The molecule has 1 N–H and O–H groups in total. The summed E-state index contributed by atoms with van der Waals surface area (Å²) >= 11 is 0. The summed E-state index contributed by atoms with van der Waals surface area (Å²) < 4.78 is 22.2. The number of ether oxygens (including phenoxy) is 4. The Morgan fingerprint density at radius 2 is 1.47 bits per heavy atom. The molecule has 0 atom stereocenters. The van der Waals surface area contributed by atoms with Crippen molar-refractivity contribution in [2.75, 3.05) is 33.0 Å². The van der Waals surface area contributed by atoms with Crippen LogP contribution in [0.2, 0.25) is 0 Å². The molecule has 3 heterocycles. The van der Waals surface area contributed by atoms with E-state index in [1.54, 1.807) is 0 Å². The minimum absolute atomic E-state index is 0.181. The Balaban J connectivity index is 1.68. The molecule has 2 spiro atoms. The highest BCUT2D eigenvalue weighted by Gasteiger charge is 2.55. The van der Waals surface area contributed by atoms with E-state index in [-0.39, 0.29) is 11.3 Å². The molecule has 0 aromatic rings. The van der Waals surface area contributed by atoms with Gasteiger partial charge in [-0.1, -0.05) is 0 Å². The second-order valence-corrected chi connectivity index (χ2v) is 5.16. The summed E-state index contributed by atoms with van der Waals surface area (Å²) in [5.41, 5.74) is -0.451. The van der Waals surface area contributed by atoms with Crippen molar-refractivity contribution < 1.29 is 18.9 Å². The molecule has 86 valence electrons. The van der Waals surface area contributed by atoms with E-state index < -0.39 is 5.79 Å². The second-order valence-electron chi connectivity index (χ2n) is 5.16. The van der Waals surface area contributed by atoms with Crippen molar-refractivity contribution in [1.82, 2.24) is 5.32 Å². The van der Waals surface area contributed by atoms with Gasteiger partial charge in [-0.15, -0.1) is 0 Å². The summed E-state index contributed by atoms with van der Waals surface area (Å²) in [6.45, 7) is 6.99. The molecule has 0 aromatic heterocycles. The van der Waals surface area contributed by atoms with Gasteiger partial charge in [0.1, 0.15) is 0 Å². The van der Waals surface area contributed by atoms with Crippen molar-refractivity contribution in [3.8, 4) is 0 Å². The Morgan fingerprint density at radius 3 is 1.93 bits per heavy atom. The topological polar surface area (TPSA) is 49.0 Å². The van der Waals surface area contributed by atoms with E-state index in [0.29, 0.717) is 33.0 Å². The van der Waals surface area contributed by atoms with Crippen molar-refractivity contribution in [2.24, 2.45) is 0 Å². The maximum absolute atomic E-state index is 5.74. The third kappa shape index (κ3) is 1.59. The van der Waals surface area contributed by atoms with Gasteiger partial charge < -0.3 is 18.9 Å². The zero-order chi connectivity index (χ0) is 10.6. The van der Waals surface area contributed by atoms with E-state index in [9.17, 15) is 0 Å². The lowest BCUT2D eigenvalue weighted by Gasteiger charge is -2.43. The van der Waals surface area contributed by atoms with Crippen LogP contribution in [0.5, 0.6) is 0 Å². The molecule has 3 rings (SSSR count). The van der Waals surface area contributed by atoms with Crippen LogP contribution in [-0.4, -0.2) is 50.1 Å². The molecule has 3 fully saturated rings. The fourth-order valence-corrected chi connectivity index (χ4v) is 2.14. The molecule has 0 bridgehead atoms. The third-order valence-corrected chi connectivity index (χ3v) is 3.18. The zero-order valence-corrected chi connectivity index (χ0v) is 9.17. The Hall–Kier alpha value is -0.200. The van der Waals surface area contributed by atoms with Gasteiger partial charge in [-0.3, -0.25) is 5.32 Å². The van der Waals surface area contributed by atoms with Gasteiger partial charge in [-0.25, -0.2) is 0 Å². The first-order chi connectivity index (χ1) is 7.04. The van der Waals surface area contributed by atoms with Crippen LogP contribution in [0.3, 0.4) is 0 Å². The lowest BCUT2D eigenvalue weighted by molar-refractivity contribution is -0.270. The van der Waals surface area contributed by atoms with E-state index in [4.69, 9.17) is 18.9 Å². The van der Waals surface area contributed by atoms with Gasteiger partial charge in [-0.2, -0.15) is 0 Å². The van der Waals surface area contributed by atoms with Crippen molar-refractivity contribution in [3.63, 3.8) is 0 Å². The highest BCUT2D eigenvalue weighted by atomic mass is 16.7.